The number of aliphatic carboxylic acids is 1. The fraction of sp³-hybridized carbons (Fsp3) is 0.682. The number of carboxylic acids is 1. The molecule has 1 heterocycles. The number of carbonyl (C=O) groups is 1. The summed E-state index contributed by atoms with van der Waals surface area (Å²) in [6, 6.07) is 0.111. The maximum absolute atomic E-state index is 15.9. The van der Waals surface area contributed by atoms with Gasteiger partial charge in [0.1, 0.15) is 16.4 Å². The molecule has 2 fully saturated rings. The molecule has 6 nitrogen and oxygen atoms in total. The van der Waals surface area contributed by atoms with Gasteiger partial charge in [-0.15, -0.1) is 4.72 Å². The van der Waals surface area contributed by atoms with E-state index in [0.29, 0.717) is 5.56 Å². The van der Waals surface area contributed by atoms with Crippen molar-refractivity contribution < 1.29 is 32.5 Å². The Morgan fingerprint density at radius 1 is 1.25 bits per heavy atom. The first-order valence-electron chi connectivity index (χ1n) is 10.8. The van der Waals surface area contributed by atoms with Gasteiger partial charge in [-0.2, -0.15) is 0 Å². The standard InChI is InChI=1S/C22H32BF2NO5S/c1-20(2,3)32(29)26-15(11-16(27)28)17-18(24)13(12-8-9-12)10-14(19(17)25)23-30-21(4,5)22(6,7)31-23/h10,12,15,26H,8-9,11H2,1-7H3,(H,27,28)/t15-,32?/m0/s1. The second-order valence-electron chi connectivity index (χ2n) is 10.6. The van der Waals surface area contributed by atoms with Crippen LogP contribution in [0.25, 0.3) is 0 Å². The van der Waals surface area contributed by atoms with E-state index in [1.165, 1.54) is 6.07 Å². The normalized spacial score (nSPS) is 22.1. The summed E-state index contributed by atoms with van der Waals surface area (Å²) in [4.78, 5) is 11.5. The molecule has 2 atom stereocenters. The van der Waals surface area contributed by atoms with E-state index in [-0.39, 0.29) is 11.4 Å². The Labute approximate surface area is 191 Å². The predicted molar refractivity (Wildman–Crippen MR) is 120 cm³/mol. The zero-order valence-corrected chi connectivity index (χ0v) is 20.5. The topological polar surface area (TPSA) is 90.9 Å². The van der Waals surface area contributed by atoms with Gasteiger partial charge in [0.25, 0.3) is 0 Å². The SMILES string of the molecule is CC(C)(C)[S+]([O-])N[C@@H](CC(=O)O)c1c(F)c(B2OC(C)(C)C(C)(C)O2)cc(C2CC2)c1F. The Balaban J connectivity index is 2.12. The van der Waals surface area contributed by atoms with Crippen molar-refractivity contribution in [2.24, 2.45) is 0 Å². The summed E-state index contributed by atoms with van der Waals surface area (Å²) < 4.78 is 58.1. The Kier molecular flexibility index (Phi) is 6.79. The minimum atomic E-state index is -1.75. The fourth-order valence-corrected chi connectivity index (χ4v) is 4.34. The largest absolute Gasteiger partial charge is 0.598 e. The van der Waals surface area contributed by atoms with Crippen molar-refractivity contribution >= 4 is 29.9 Å². The van der Waals surface area contributed by atoms with Gasteiger partial charge < -0.3 is 19.0 Å². The van der Waals surface area contributed by atoms with Crippen LogP contribution >= 0.6 is 0 Å². The van der Waals surface area contributed by atoms with Crippen LogP contribution in [0.4, 0.5) is 8.78 Å². The van der Waals surface area contributed by atoms with Crippen molar-refractivity contribution in [2.75, 3.05) is 0 Å². The first kappa shape index (κ1) is 25.4. The van der Waals surface area contributed by atoms with E-state index < -0.39 is 70.1 Å². The maximum Gasteiger partial charge on any atom is 0.497 e. The summed E-state index contributed by atoms with van der Waals surface area (Å²) in [5.41, 5.74) is -1.56. The van der Waals surface area contributed by atoms with E-state index in [0.717, 1.165) is 12.8 Å². The molecule has 3 rings (SSSR count). The second kappa shape index (κ2) is 8.54. The molecule has 1 aliphatic carbocycles. The summed E-state index contributed by atoms with van der Waals surface area (Å²) in [5.74, 6) is -3.07. The Morgan fingerprint density at radius 3 is 2.22 bits per heavy atom. The van der Waals surface area contributed by atoms with E-state index in [4.69, 9.17) is 9.31 Å². The molecule has 32 heavy (non-hydrogen) atoms. The lowest BCUT2D eigenvalue weighted by molar-refractivity contribution is -0.137. The van der Waals surface area contributed by atoms with Gasteiger partial charge in [-0.25, -0.2) is 8.78 Å². The highest BCUT2D eigenvalue weighted by Gasteiger charge is 2.53. The van der Waals surface area contributed by atoms with E-state index >= 15 is 8.78 Å². The van der Waals surface area contributed by atoms with Crippen LogP contribution in [0.2, 0.25) is 0 Å². The first-order valence-corrected chi connectivity index (χ1v) is 12.0. The van der Waals surface area contributed by atoms with E-state index in [2.05, 4.69) is 4.72 Å². The highest BCUT2D eigenvalue weighted by molar-refractivity contribution is 7.90. The molecule has 0 aromatic heterocycles. The molecule has 0 spiro atoms. The molecule has 1 aromatic rings. The Morgan fingerprint density at radius 2 is 1.78 bits per heavy atom. The lowest BCUT2D eigenvalue weighted by atomic mass is 9.75. The van der Waals surface area contributed by atoms with Gasteiger partial charge in [-0.05, 0) is 72.8 Å². The molecule has 0 amide bonds. The van der Waals surface area contributed by atoms with Gasteiger partial charge >= 0.3 is 13.1 Å². The van der Waals surface area contributed by atoms with Crippen LogP contribution in [-0.4, -0.2) is 38.7 Å². The molecule has 1 saturated heterocycles. The number of hydrogen-bond acceptors (Lipinski definition) is 5. The number of carboxylic acid groups (broad SMARTS) is 1. The lowest BCUT2D eigenvalue weighted by Gasteiger charge is -2.32. The van der Waals surface area contributed by atoms with Crippen LogP contribution < -0.4 is 10.2 Å². The van der Waals surface area contributed by atoms with Crippen LogP contribution in [0.5, 0.6) is 0 Å². The van der Waals surface area contributed by atoms with Crippen LogP contribution in [0.15, 0.2) is 6.07 Å². The Hall–Kier alpha value is -1.20. The molecule has 1 saturated carbocycles. The third-order valence-corrected chi connectivity index (χ3v) is 7.96. The fourth-order valence-electron chi connectivity index (χ4n) is 3.52. The second-order valence-corrected chi connectivity index (χ2v) is 12.6. The Bertz CT molecular complexity index is 885. The van der Waals surface area contributed by atoms with E-state index in [9.17, 15) is 14.5 Å². The predicted octanol–water partition coefficient (Wildman–Crippen LogP) is 3.71. The summed E-state index contributed by atoms with van der Waals surface area (Å²) in [6.45, 7) is 12.4. The molecule has 1 aromatic carbocycles. The molecule has 1 aliphatic heterocycles. The average Bonchev–Trinajstić information content (AvgIpc) is 3.41. The number of halogens is 2. The number of hydrogen-bond donors (Lipinski definition) is 2. The minimum Gasteiger partial charge on any atom is -0.598 e. The van der Waals surface area contributed by atoms with Crippen molar-refractivity contribution in [1.29, 1.82) is 0 Å². The van der Waals surface area contributed by atoms with Crippen molar-refractivity contribution in [1.82, 2.24) is 4.72 Å². The quantitative estimate of drug-likeness (QED) is 0.466. The summed E-state index contributed by atoms with van der Waals surface area (Å²) >= 11 is -1.75. The zero-order valence-electron chi connectivity index (χ0n) is 19.7. The van der Waals surface area contributed by atoms with Gasteiger partial charge in [-0.3, -0.25) is 4.79 Å². The monoisotopic (exact) mass is 471 g/mol. The molecule has 178 valence electrons. The van der Waals surface area contributed by atoms with Crippen molar-refractivity contribution in [2.45, 2.75) is 95.6 Å². The van der Waals surface area contributed by atoms with E-state index in [1.807, 2.05) is 27.7 Å². The molecule has 2 aliphatic rings. The average molecular weight is 471 g/mol. The summed E-state index contributed by atoms with van der Waals surface area (Å²) in [7, 11) is -1.07. The molecule has 0 radical (unpaired) electrons. The van der Waals surface area contributed by atoms with Crippen LogP contribution in [0.1, 0.15) is 90.8 Å². The van der Waals surface area contributed by atoms with Gasteiger partial charge in [0.2, 0.25) is 0 Å². The van der Waals surface area contributed by atoms with Crippen LogP contribution in [-0.2, 0) is 25.5 Å². The summed E-state index contributed by atoms with van der Waals surface area (Å²) in [6.07, 6.45) is 0.887. The highest BCUT2D eigenvalue weighted by atomic mass is 32.2. The smallest absolute Gasteiger partial charge is 0.497 e. The number of rotatable bonds is 7. The van der Waals surface area contributed by atoms with Gasteiger partial charge in [0, 0.05) is 22.4 Å². The van der Waals surface area contributed by atoms with E-state index in [1.54, 1.807) is 20.8 Å². The van der Waals surface area contributed by atoms with Crippen molar-refractivity contribution in [3.8, 4) is 0 Å². The van der Waals surface area contributed by atoms with Crippen molar-refractivity contribution in [3.05, 3.63) is 28.8 Å². The zero-order chi connectivity index (χ0) is 24.2. The lowest BCUT2D eigenvalue weighted by Crippen LogP contribution is -2.44. The van der Waals surface area contributed by atoms with Gasteiger partial charge in [0.15, 0.2) is 0 Å². The molecular weight excluding hydrogens is 439 g/mol. The van der Waals surface area contributed by atoms with Crippen LogP contribution in [0.3, 0.4) is 0 Å². The number of nitrogens with one attached hydrogen (secondary N) is 1. The molecule has 0 bridgehead atoms. The summed E-state index contributed by atoms with van der Waals surface area (Å²) in [5, 5.41) is 9.42. The molecule has 10 heteroatoms. The minimum absolute atomic E-state index is 0.0284. The third-order valence-electron chi connectivity index (χ3n) is 6.35. The van der Waals surface area contributed by atoms with Crippen molar-refractivity contribution in [3.63, 3.8) is 0 Å². The first-order chi connectivity index (χ1) is 14.5. The molecular formula is C22H32BF2NO5S. The highest BCUT2D eigenvalue weighted by Crippen LogP contribution is 2.44. The maximum atomic E-state index is 15.9. The number of benzene rings is 1. The van der Waals surface area contributed by atoms with Gasteiger partial charge in [-0.1, -0.05) is 6.07 Å². The molecule has 2 N–H and O–H groups in total. The van der Waals surface area contributed by atoms with Crippen LogP contribution in [0, 0.1) is 11.6 Å². The van der Waals surface area contributed by atoms with Gasteiger partial charge in [0.05, 0.1) is 23.7 Å². The molecule has 1 unspecified atom stereocenters. The third kappa shape index (κ3) is 4.99.